The van der Waals surface area contributed by atoms with E-state index < -0.39 is 36.0 Å². The van der Waals surface area contributed by atoms with E-state index in [1.54, 1.807) is 6.92 Å². The van der Waals surface area contributed by atoms with Crippen LogP contribution < -0.4 is 17.0 Å². The second kappa shape index (κ2) is 8.75. The van der Waals surface area contributed by atoms with Crippen LogP contribution in [-0.4, -0.2) is 46.6 Å². The van der Waals surface area contributed by atoms with Crippen LogP contribution in [0.2, 0.25) is 0 Å². The number of aromatic nitrogens is 4. The van der Waals surface area contributed by atoms with Crippen LogP contribution in [0.3, 0.4) is 0 Å². The van der Waals surface area contributed by atoms with Gasteiger partial charge in [-0.3, -0.25) is 23.9 Å². The van der Waals surface area contributed by atoms with E-state index in [4.69, 9.17) is 15.0 Å². The maximum Gasteiger partial charge on any atom is 0.359 e. The summed E-state index contributed by atoms with van der Waals surface area (Å²) < 4.78 is 25.9. The zero-order chi connectivity index (χ0) is 23.9. The van der Waals surface area contributed by atoms with E-state index in [1.165, 1.54) is 11.5 Å². The van der Waals surface area contributed by atoms with Crippen molar-refractivity contribution >= 4 is 24.7 Å². The number of nitrogens with zero attached hydrogens (tertiary/aromatic N) is 2. The Balaban J connectivity index is 1.84. The number of H-pyrrole nitrogens is 2. The highest BCUT2D eigenvalue weighted by Gasteiger charge is 2.48. The third kappa shape index (κ3) is 4.42. The van der Waals surface area contributed by atoms with Gasteiger partial charge in [0, 0.05) is 6.42 Å². The van der Waals surface area contributed by atoms with Gasteiger partial charge in [-0.1, -0.05) is 20.8 Å². The molecule has 0 spiro atoms. The highest BCUT2D eigenvalue weighted by Crippen LogP contribution is 2.59. The van der Waals surface area contributed by atoms with Crippen molar-refractivity contribution in [3.63, 3.8) is 0 Å². The van der Waals surface area contributed by atoms with Crippen LogP contribution in [0.1, 0.15) is 72.4 Å². The largest absolute Gasteiger partial charge is 0.378 e. The monoisotopic (exact) mass is 473 g/mol. The average molecular weight is 473 g/mol. The van der Waals surface area contributed by atoms with Crippen LogP contribution in [-0.2, 0) is 13.8 Å². The zero-order valence-corrected chi connectivity index (χ0v) is 19.6. The first-order valence-corrected chi connectivity index (χ1v) is 12.4. The molecule has 0 radical (unpaired) electrons. The molecule has 6 N–H and O–H groups in total. The summed E-state index contributed by atoms with van der Waals surface area (Å²) in [6.45, 7) is 6.59. The Morgan fingerprint density at radius 1 is 1.25 bits per heavy atom. The highest BCUT2D eigenvalue weighted by molar-refractivity contribution is 7.54. The van der Waals surface area contributed by atoms with Gasteiger partial charge < -0.3 is 20.5 Å². The Kier molecular flexibility index (Phi) is 6.74. The standard InChI is InChI=1S/C19H32N5O7P/c1-5-18(4,27)32(28,29)31-19(6-2,7-3)10-11-8-9-12(30-11)24-14-13(21-17(24)26)15(25)23-16(20)22-14/h11-12,27H,5-10H2,1-4H3,(H,21,26)(H,28,29)(H3,20,22,23,25). The van der Waals surface area contributed by atoms with E-state index in [2.05, 4.69) is 15.0 Å². The summed E-state index contributed by atoms with van der Waals surface area (Å²) in [5, 5.41) is 8.49. The number of hydrogen-bond donors (Lipinski definition) is 5. The number of fused-ring (bicyclic) bond motifs is 1. The Bertz CT molecular complexity index is 1130. The summed E-state index contributed by atoms with van der Waals surface area (Å²) in [6.07, 6.45) is 1.20. The number of hydrogen-bond acceptors (Lipinski definition) is 8. The number of rotatable bonds is 9. The molecule has 0 aromatic carbocycles. The first-order valence-electron chi connectivity index (χ1n) is 10.8. The molecule has 3 rings (SSSR count). The number of nitrogens with two attached hydrogens (primary N) is 1. The van der Waals surface area contributed by atoms with Crippen molar-refractivity contribution < 1.29 is 23.8 Å². The molecule has 13 heteroatoms. The van der Waals surface area contributed by atoms with Gasteiger partial charge in [-0.2, -0.15) is 4.98 Å². The second-order valence-electron chi connectivity index (χ2n) is 8.52. The fourth-order valence-electron chi connectivity index (χ4n) is 4.00. The molecule has 4 unspecified atom stereocenters. The van der Waals surface area contributed by atoms with Gasteiger partial charge in [0.1, 0.15) is 6.23 Å². The third-order valence-corrected chi connectivity index (χ3v) is 8.62. The van der Waals surface area contributed by atoms with Crippen molar-refractivity contribution in [3.05, 3.63) is 20.8 Å². The lowest BCUT2D eigenvalue weighted by Crippen LogP contribution is -2.38. The molecule has 12 nitrogen and oxygen atoms in total. The van der Waals surface area contributed by atoms with Gasteiger partial charge in [-0.15, -0.1) is 0 Å². The Morgan fingerprint density at radius 2 is 1.91 bits per heavy atom. The van der Waals surface area contributed by atoms with Crippen LogP contribution in [0.5, 0.6) is 0 Å². The molecule has 0 aliphatic carbocycles. The van der Waals surface area contributed by atoms with Crippen molar-refractivity contribution in [2.75, 3.05) is 5.73 Å². The van der Waals surface area contributed by atoms with E-state index in [9.17, 15) is 24.2 Å². The molecule has 0 bridgehead atoms. The lowest BCUT2D eigenvalue weighted by atomic mass is 9.90. The minimum atomic E-state index is -4.34. The van der Waals surface area contributed by atoms with Gasteiger partial charge in [-0.25, -0.2) is 9.36 Å². The maximum absolute atomic E-state index is 12.8. The van der Waals surface area contributed by atoms with E-state index >= 15 is 0 Å². The van der Waals surface area contributed by atoms with Crippen molar-refractivity contribution in [3.8, 4) is 0 Å². The molecule has 2 aromatic rings. The third-order valence-electron chi connectivity index (χ3n) is 6.45. The van der Waals surface area contributed by atoms with Crippen LogP contribution in [0.4, 0.5) is 5.95 Å². The molecule has 1 saturated heterocycles. The number of ether oxygens (including phenoxy) is 1. The fourth-order valence-corrected chi connectivity index (χ4v) is 5.46. The summed E-state index contributed by atoms with van der Waals surface area (Å²) in [5.41, 5.74) is 3.66. The summed E-state index contributed by atoms with van der Waals surface area (Å²) in [5.74, 6) is -0.115. The Morgan fingerprint density at radius 3 is 2.50 bits per heavy atom. The predicted octanol–water partition coefficient (Wildman–Crippen LogP) is 1.94. The quantitative estimate of drug-likeness (QED) is 0.339. The Labute approximate surface area is 184 Å². The van der Waals surface area contributed by atoms with Crippen LogP contribution in [0, 0.1) is 0 Å². The van der Waals surface area contributed by atoms with E-state index in [0.29, 0.717) is 32.1 Å². The average Bonchev–Trinajstić information content (AvgIpc) is 3.30. The van der Waals surface area contributed by atoms with Crippen LogP contribution in [0.15, 0.2) is 9.59 Å². The highest BCUT2D eigenvalue weighted by atomic mass is 31.2. The fraction of sp³-hybridized carbons (Fsp3) is 0.737. The van der Waals surface area contributed by atoms with Crippen molar-refractivity contribution in [2.24, 2.45) is 0 Å². The summed E-state index contributed by atoms with van der Waals surface area (Å²) in [4.78, 5) is 43.9. The van der Waals surface area contributed by atoms with Gasteiger partial charge in [0.05, 0.1) is 11.7 Å². The number of aliphatic hydroxyl groups is 1. The molecule has 180 valence electrons. The first-order chi connectivity index (χ1) is 14.9. The van der Waals surface area contributed by atoms with Crippen LogP contribution in [0.25, 0.3) is 11.2 Å². The molecule has 4 atom stereocenters. The van der Waals surface area contributed by atoms with Crippen molar-refractivity contribution in [1.82, 2.24) is 19.5 Å². The molecule has 1 fully saturated rings. The number of aromatic amines is 2. The molecule has 32 heavy (non-hydrogen) atoms. The minimum Gasteiger partial charge on any atom is -0.378 e. The molecule has 0 amide bonds. The summed E-state index contributed by atoms with van der Waals surface area (Å²) in [6, 6.07) is 0. The second-order valence-corrected chi connectivity index (χ2v) is 10.7. The lowest BCUT2D eigenvalue weighted by molar-refractivity contribution is -0.0568. The molecule has 0 saturated carbocycles. The van der Waals surface area contributed by atoms with Crippen LogP contribution >= 0.6 is 7.60 Å². The molecule has 2 aromatic heterocycles. The smallest absolute Gasteiger partial charge is 0.359 e. The van der Waals surface area contributed by atoms with Crippen molar-refractivity contribution in [2.45, 2.75) is 89.5 Å². The first kappa shape index (κ1) is 24.7. The maximum atomic E-state index is 12.8. The SMILES string of the molecule is CCC(CC)(CC1CCC(n2c(=O)[nH]c3c(=O)[nH]c(N)nc32)O1)OP(=O)(O)C(C)(O)CC. The van der Waals surface area contributed by atoms with Gasteiger partial charge in [0.2, 0.25) is 5.95 Å². The topological polar surface area (TPSA) is 186 Å². The number of nitrogen functional groups attached to an aromatic ring is 1. The Hall–Kier alpha value is -1.98. The number of nitrogens with one attached hydrogen (secondary N) is 2. The molecular formula is C19H32N5O7P. The molecular weight excluding hydrogens is 441 g/mol. The summed E-state index contributed by atoms with van der Waals surface area (Å²) in [7, 11) is -4.34. The van der Waals surface area contributed by atoms with E-state index in [0.717, 1.165) is 0 Å². The van der Waals surface area contributed by atoms with E-state index in [1.807, 2.05) is 13.8 Å². The van der Waals surface area contributed by atoms with Gasteiger partial charge in [-0.05, 0) is 39.0 Å². The predicted molar refractivity (Wildman–Crippen MR) is 118 cm³/mol. The molecule has 3 heterocycles. The van der Waals surface area contributed by atoms with E-state index in [-0.39, 0.29) is 29.6 Å². The summed E-state index contributed by atoms with van der Waals surface area (Å²) >= 11 is 0. The normalized spacial score (nSPS) is 23.3. The van der Waals surface area contributed by atoms with Gasteiger partial charge >= 0.3 is 13.3 Å². The van der Waals surface area contributed by atoms with Gasteiger partial charge in [0.15, 0.2) is 16.5 Å². The number of anilines is 1. The zero-order valence-electron chi connectivity index (χ0n) is 18.8. The van der Waals surface area contributed by atoms with Gasteiger partial charge in [0.25, 0.3) is 5.56 Å². The van der Waals surface area contributed by atoms with Crippen molar-refractivity contribution in [1.29, 1.82) is 0 Å². The lowest BCUT2D eigenvalue weighted by Gasteiger charge is -2.39. The molecule has 1 aliphatic rings. The minimum absolute atomic E-state index is 0.0130. The molecule has 1 aliphatic heterocycles. The number of imidazole rings is 1.